The van der Waals surface area contributed by atoms with Crippen molar-refractivity contribution < 1.29 is 28.3 Å². The Kier molecular flexibility index (Phi) is 5.57. The maximum absolute atomic E-state index is 12.3. The monoisotopic (exact) mass is 378 g/mol. The molecular weight excluding hydrogens is 355 g/mol. The average Bonchev–Trinajstić information content (AvgIpc) is 2.85. The van der Waals surface area contributed by atoms with Gasteiger partial charge in [-0.25, -0.2) is 8.42 Å². The Hall–Kier alpha value is -1.61. The Labute approximate surface area is 153 Å². The maximum atomic E-state index is 12.3. The van der Waals surface area contributed by atoms with Crippen molar-refractivity contribution in [1.29, 1.82) is 0 Å². The van der Waals surface area contributed by atoms with E-state index in [1.807, 2.05) is 25.1 Å². The number of rotatable bonds is 5. The van der Waals surface area contributed by atoms with Crippen molar-refractivity contribution in [3.63, 3.8) is 0 Å². The number of sulfone groups is 1. The quantitative estimate of drug-likeness (QED) is 0.531. The molecule has 0 amide bonds. The first kappa shape index (κ1) is 19.2. The van der Waals surface area contributed by atoms with E-state index in [1.165, 1.54) is 0 Å². The lowest BCUT2D eigenvalue weighted by Gasteiger charge is -2.31. The van der Waals surface area contributed by atoms with Gasteiger partial charge in [0.1, 0.15) is 5.75 Å². The maximum Gasteiger partial charge on any atom is 0.456 e. The molecule has 2 heterocycles. The Bertz CT molecular complexity index is 845. The predicted molar refractivity (Wildman–Crippen MR) is 100 cm³/mol. The van der Waals surface area contributed by atoms with Gasteiger partial charge in [-0.15, -0.1) is 0 Å². The van der Waals surface area contributed by atoms with Crippen molar-refractivity contribution in [1.82, 2.24) is 0 Å². The minimum Gasteiger partial charge on any atom is -0.507 e. The molecular formula is C18H23BO6S. The fraction of sp³-hybridized carbons (Fsp3) is 0.444. The first-order chi connectivity index (χ1) is 12.3. The minimum absolute atomic E-state index is 0.0182. The van der Waals surface area contributed by atoms with Gasteiger partial charge in [-0.2, -0.15) is 0 Å². The van der Waals surface area contributed by atoms with E-state index >= 15 is 0 Å². The first-order valence-corrected chi connectivity index (χ1v) is 10.4. The fourth-order valence-electron chi connectivity index (χ4n) is 3.72. The van der Waals surface area contributed by atoms with E-state index < -0.39 is 28.3 Å². The lowest BCUT2D eigenvalue weighted by atomic mass is 9.74. The summed E-state index contributed by atoms with van der Waals surface area (Å²) in [6.45, 7) is 1.61. The fourth-order valence-corrected chi connectivity index (χ4v) is 5.83. The second-order valence-corrected chi connectivity index (χ2v) is 9.10. The van der Waals surface area contributed by atoms with Crippen LogP contribution in [0, 0.1) is 0 Å². The summed E-state index contributed by atoms with van der Waals surface area (Å²) in [5, 5.41) is 28.6. The molecule has 2 atom stereocenters. The highest BCUT2D eigenvalue weighted by molar-refractivity contribution is 7.92. The van der Waals surface area contributed by atoms with E-state index in [0.717, 1.165) is 5.57 Å². The zero-order valence-electron chi connectivity index (χ0n) is 14.6. The van der Waals surface area contributed by atoms with Crippen LogP contribution in [0.4, 0.5) is 0 Å². The number of fused-ring (bicyclic) bond motifs is 1. The second kappa shape index (κ2) is 7.56. The van der Waals surface area contributed by atoms with E-state index in [0.29, 0.717) is 29.6 Å². The van der Waals surface area contributed by atoms with Gasteiger partial charge in [0, 0.05) is 11.9 Å². The highest BCUT2D eigenvalue weighted by atomic mass is 32.2. The largest absolute Gasteiger partial charge is 0.507 e. The van der Waals surface area contributed by atoms with Crippen LogP contribution in [0.1, 0.15) is 25.3 Å². The van der Waals surface area contributed by atoms with E-state index in [2.05, 4.69) is 0 Å². The summed E-state index contributed by atoms with van der Waals surface area (Å²) >= 11 is 0. The molecule has 1 saturated heterocycles. The number of aromatic hydroxyl groups is 1. The minimum atomic E-state index is -3.39. The van der Waals surface area contributed by atoms with Crippen LogP contribution in [0.5, 0.6) is 5.75 Å². The van der Waals surface area contributed by atoms with Gasteiger partial charge >= 0.3 is 7.12 Å². The van der Waals surface area contributed by atoms with Crippen molar-refractivity contribution >= 4 is 23.0 Å². The molecule has 0 radical (unpaired) electrons. The van der Waals surface area contributed by atoms with Gasteiger partial charge in [0.15, 0.2) is 9.84 Å². The molecule has 26 heavy (non-hydrogen) atoms. The van der Waals surface area contributed by atoms with Gasteiger partial charge in [-0.1, -0.05) is 29.8 Å². The number of benzene rings is 1. The van der Waals surface area contributed by atoms with Gasteiger partial charge in [0.25, 0.3) is 0 Å². The average molecular weight is 378 g/mol. The predicted octanol–water partition coefficient (Wildman–Crippen LogP) is 1.54. The summed E-state index contributed by atoms with van der Waals surface area (Å²) < 4.78 is 30.2. The van der Waals surface area contributed by atoms with Crippen molar-refractivity contribution in [3.8, 4) is 5.75 Å². The third-order valence-electron chi connectivity index (χ3n) is 4.98. The van der Waals surface area contributed by atoms with Crippen molar-refractivity contribution in [2.45, 2.75) is 37.4 Å². The molecule has 6 nitrogen and oxygen atoms in total. The topological polar surface area (TPSA) is 104 Å². The molecule has 0 saturated carbocycles. The van der Waals surface area contributed by atoms with Crippen LogP contribution in [0.15, 0.2) is 41.0 Å². The van der Waals surface area contributed by atoms with Gasteiger partial charge in [0.2, 0.25) is 0 Å². The molecule has 0 aromatic heterocycles. The molecule has 1 fully saturated rings. The zero-order valence-corrected chi connectivity index (χ0v) is 15.4. The number of phenolic OH excluding ortho intramolecular Hbond substituents is 1. The van der Waals surface area contributed by atoms with Crippen LogP contribution in [0.3, 0.4) is 0 Å². The number of para-hydroxylation sites is 1. The molecule has 2 aliphatic heterocycles. The van der Waals surface area contributed by atoms with Gasteiger partial charge < -0.3 is 19.9 Å². The summed E-state index contributed by atoms with van der Waals surface area (Å²) in [5.74, 6) is 0.0337. The summed E-state index contributed by atoms with van der Waals surface area (Å²) in [7, 11) is -4.51. The zero-order chi connectivity index (χ0) is 18.9. The third-order valence-corrected chi connectivity index (χ3v) is 7.04. The first-order valence-electron chi connectivity index (χ1n) is 8.64. The van der Waals surface area contributed by atoms with E-state index in [9.17, 15) is 23.7 Å². The molecule has 3 rings (SSSR count). The Morgan fingerprint density at radius 1 is 1.38 bits per heavy atom. The lowest BCUT2D eigenvalue weighted by Crippen LogP contribution is -2.42. The third kappa shape index (κ3) is 3.88. The van der Waals surface area contributed by atoms with Crippen LogP contribution in [-0.2, 0) is 14.5 Å². The van der Waals surface area contributed by atoms with E-state index in [1.54, 1.807) is 12.1 Å². The van der Waals surface area contributed by atoms with Crippen LogP contribution < -0.4 is 0 Å². The molecule has 0 spiro atoms. The van der Waals surface area contributed by atoms with Crippen molar-refractivity contribution in [3.05, 3.63) is 46.5 Å². The molecule has 2 aliphatic rings. The number of hydrogen-bond donors (Lipinski definition) is 3. The number of phenols is 1. The normalized spacial score (nSPS) is 25.5. The van der Waals surface area contributed by atoms with E-state index in [-0.39, 0.29) is 24.4 Å². The summed E-state index contributed by atoms with van der Waals surface area (Å²) in [6, 6.07) is 7.02. The molecule has 3 N–H and O–H groups in total. The molecule has 0 bridgehead atoms. The number of allylic oxidation sites excluding steroid dienone is 1. The molecule has 0 unspecified atom stereocenters. The Morgan fingerprint density at radius 3 is 2.81 bits per heavy atom. The Morgan fingerprint density at radius 2 is 2.12 bits per heavy atom. The summed E-state index contributed by atoms with van der Waals surface area (Å²) in [4.78, 5) is 0. The standard InChI is InChI=1S/C18H23BO6S/c1-12(8-13-4-2-3-5-15(13)21)6-7-16-18-14(10-20)11-26(23,24)17(18)9-19(22)25-16/h2-5,8,16-17,20-22H,6-7,9-11H2,1H3/b12-8+/t16-,17+/m1/s1. The second-order valence-electron chi connectivity index (χ2n) is 6.92. The molecule has 0 aliphatic carbocycles. The SMILES string of the molecule is C/C(=C\c1ccccc1O)CC[C@H]1OB(O)C[C@H]2C1=C(CO)CS2(=O)=O. The van der Waals surface area contributed by atoms with Gasteiger partial charge in [-0.05, 0) is 37.0 Å². The van der Waals surface area contributed by atoms with Crippen molar-refractivity contribution in [2.75, 3.05) is 12.4 Å². The number of aliphatic hydroxyl groups excluding tert-OH is 1. The van der Waals surface area contributed by atoms with Crippen molar-refractivity contribution in [2.24, 2.45) is 0 Å². The van der Waals surface area contributed by atoms with Gasteiger partial charge in [0.05, 0.1) is 23.7 Å². The number of aliphatic hydroxyl groups is 1. The molecule has 140 valence electrons. The summed E-state index contributed by atoms with van der Waals surface area (Å²) in [5.41, 5.74) is 2.83. The van der Waals surface area contributed by atoms with Crippen LogP contribution in [0.25, 0.3) is 6.08 Å². The van der Waals surface area contributed by atoms with Crippen LogP contribution in [-0.4, -0.2) is 54.5 Å². The van der Waals surface area contributed by atoms with Crippen LogP contribution in [0.2, 0.25) is 6.32 Å². The smallest absolute Gasteiger partial charge is 0.456 e. The number of hydrogen-bond acceptors (Lipinski definition) is 6. The summed E-state index contributed by atoms with van der Waals surface area (Å²) in [6.07, 6.45) is 2.47. The molecule has 1 aromatic carbocycles. The molecule has 1 aromatic rings. The highest BCUT2D eigenvalue weighted by Gasteiger charge is 2.48. The van der Waals surface area contributed by atoms with E-state index in [4.69, 9.17) is 4.65 Å². The highest BCUT2D eigenvalue weighted by Crippen LogP contribution is 2.39. The van der Waals surface area contributed by atoms with Crippen LogP contribution >= 0.6 is 0 Å². The lowest BCUT2D eigenvalue weighted by molar-refractivity contribution is 0.168. The van der Waals surface area contributed by atoms with Gasteiger partial charge in [-0.3, -0.25) is 0 Å². The molecule has 8 heteroatoms. The Balaban J connectivity index is 1.77.